The van der Waals surface area contributed by atoms with Crippen LogP contribution in [0.25, 0.3) is 11.2 Å². The summed E-state index contributed by atoms with van der Waals surface area (Å²) in [6, 6.07) is 17.2. The van der Waals surface area contributed by atoms with Crippen molar-refractivity contribution >= 4 is 40.6 Å². The molecule has 2 heterocycles. The normalized spacial score (nSPS) is 11.5. The Morgan fingerprint density at radius 3 is 2.64 bits per heavy atom. The molecule has 0 fully saturated rings. The Bertz CT molecular complexity index is 1350. The summed E-state index contributed by atoms with van der Waals surface area (Å²) in [6.07, 6.45) is 3.69. The number of halogens is 2. The van der Waals surface area contributed by atoms with Crippen molar-refractivity contribution in [3.05, 3.63) is 101 Å². The van der Waals surface area contributed by atoms with Crippen LogP contribution in [0.5, 0.6) is 0 Å². The number of benzene rings is 2. The summed E-state index contributed by atoms with van der Waals surface area (Å²) in [5.41, 5.74) is 8.84. The number of rotatable bonds is 7. The first-order valence-electron chi connectivity index (χ1n) is 10.1. The Balaban J connectivity index is 1.67. The predicted molar refractivity (Wildman–Crippen MR) is 127 cm³/mol. The van der Waals surface area contributed by atoms with Crippen molar-refractivity contribution in [2.24, 2.45) is 5.73 Å². The molecule has 0 unspecified atom stereocenters. The van der Waals surface area contributed by atoms with Crippen LogP contribution < -0.4 is 10.6 Å². The quantitative estimate of drug-likeness (QED) is 0.401. The second-order valence-corrected chi connectivity index (χ2v) is 7.73. The zero-order valence-electron chi connectivity index (χ0n) is 17.5. The molecule has 0 aliphatic carbocycles. The van der Waals surface area contributed by atoms with Gasteiger partial charge in [0.15, 0.2) is 5.65 Å². The van der Waals surface area contributed by atoms with Gasteiger partial charge in [-0.25, -0.2) is 4.39 Å². The van der Waals surface area contributed by atoms with E-state index in [0.717, 1.165) is 11.1 Å². The van der Waals surface area contributed by atoms with E-state index in [2.05, 4.69) is 10.2 Å². The van der Waals surface area contributed by atoms with Crippen LogP contribution in [-0.2, 0) is 17.8 Å². The largest absolute Gasteiger partial charge is 0.404 e. The van der Waals surface area contributed by atoms with E-state index in [4.69, 9.17) is 22.7 Å². The van der Waals surface area contributed by atoms with E-state index in [1.807, 2.05) is 12.1 Å². The molecule has 0 aliphatic heterocycles. The third-order valence-electron chi connectivity index (χ3n) is 5.12. The minimum absolute atomic E-state index is 0.0820. The van der Waals surface area contributed by atoms with Gasteiger partial charge in [-0.1, -0.05) is 35.9 Å². The van der Waals surface area contributed by atoms with Crippen LogP contribution in [0.3, 0.4) is 0 Å². The van der Waals surface area contributed by atoms with Gasteiger partial charge in [-0.3, -0.25) is 9.20 Å². The lowest BCUT2D eigenvalue weighted by Crippen LogP contribution is -2.32. The molecule has 7 nitrogen and oxygen atoms in total. The standard InChI is InChI=1S/C24H20ClFN6O/c25-19-3-1-2-16(10-19)14-31(21-7-4-17(5-8-21)18(12-27)13-28)24(33)11-23-30-29-22-9-6-20(26)15-32(22)23/h1-10,12-13,15,27H,11,14,28H2. The maximum atomic E-state index is 13.7. The smallest absolute Gasteiger partial charge is 0.234 e. The molecule has 1 amide bonds. The number of nitrogens with zero attached hydrogens (tertiary/aromatic N) is 4. The van der Waals surface area contributed by atoms with Crippen molar-refractivity contribution in [2.45, 2.75) is 13.0 Å². The molecule has 4 rings (SSSR count). The Labute approximate surface area is 194 Å². The molecular formula is C24H20ClFN6O. The van der Waals surface area contributed by atoms with Gasteiger partial charge in [0.2, 0.25) is 5.91 Å². The van der Waals surface area contributed by atoms with Crippen molar-refractivity contribution in [1.82, 2.24) is 14.6 Å². The molecule has 0 saturated carbocycles. The zero-order chi connectivity index (χ0) is 23.4. The lowest BCUT2D eigenvalue weighted by molar-refractivity contribution is -0.118. The van der Waals surface area contributed by atoms with Gasteiger partial charge in [0.05, 0.1) is 13.0 Å². The number of pyridine rings is 1. The number of carbonyl (C=O) groups is 1. The fourth-order valence-corrected chi connectivity index (χ4v) is 3.68. The highest BCUT2D eigenvalue weighted by molar-refractivity contribution is 6.30. The van der Waals surface area contributed by atoms with Gasteiger partial charge in [-0.05, 0) is 47.5 Å². The number of anilines is 1. The molecule has 33 heavy (non-hydrogen) atoms. The molecule has 0 radical (unpaired) electrons. The number of hydrogen-bond donors (Lipinski definition) is 2. The molecule has 3 N–H and O–H groups in total. The lowest BCUT2D eigenvalue weighted by atomic mass is 10.1. The summed E-state index contributed by atoms with van der Waals surface area (Å²) in [4.78, 5) is 15.0. The third kappa shape index (κ3) is 4.91. The number of aromatic nitrogens is 3. The van der Waals surface area contributed by atoms with Gasteiger partial charge in [0.1, 0.15) is 11.6 Å². The van der Waals surface area contributed by atoms with Gasteiger partial charge in [0, 0.05) is 34.9 Å². The van der Waals surface area contributed by atoms with Crippen molar-refractivity contribution in [1.29, 1.82) is 5.41 Å². The van der Waals surface area contributed by atoms with Gasteiger partial charge in [-0.2, -0.15) is 0 Å². The molecule has 0 aliphatic rings. The molecule has 0 saturated heterocycles. The summed E-state index contributed by atoms with van der Waals surface area (Å²) in [5, 5.41) is 16.1. The average Bonchev–Trinajstić information content (AvgIpc) is 3.20. The first-order chi connectivity index (χ1) is 16.0. The van der Waals surface area contributed by atoms with Crippen molar-refractivity contribution < 1.29 is 9.18 Å². The van der Waals surface area contributed by atoms with Crippen LogP contribution in [0, 0.1) is 11.2 Å². The highest BCUT2D eigenvalue weighted by Crippen LogP contribution is 2.23. The summed E-state index contributed by atoms with van der Waals surface area (Å²) < 4.78 is 15.2. The van der Waals surface area contributed by atoms with E-state index in [0.29, 0.717) is 27.8 Å². The molecular weight excluding hydrogens is 443 g/mol. The summed E-state index contributed by atoms with van der Waals surface area (Å²) in [5.74, 6) is -0.361. The van der Waals surface area contributed by atoms with E-state index < -0.39 is 5.82 Å². The Morgan fingerprint density at radius 2 is 1.94 bits per heavy atom. The molecule has 166 valence electrons. The number of fused-ring (bicyclic) bond motifs is 1. The van der Waals surface area contributed by atoms with E-state index >= 15 is 0 Å². The zero-order valence-corrected chi connectivity index (χ0v) is 18.2. The summed E-state index contributed by atoms with van der Waals surface area (Å²) in [7, 11) is 0. The second-order valence-electron chi connectivity index (χ2n) is 7.29. The fourth-order valence-electron chi connectivity index (χ4n) is 3.47. The van der Waals surface area contributed by atoms with E-state index in [9.17, 15) is 9.18 Å². The molecule has 0 atom stereocenters. The lowest BCUT2D eigenvalue weighted by Gasteiger charge is -2.23. The molecule has 2 aromatic heterocycles. The first-order valence-corrected chi connectivity index (χ1v) is 10.4. The Kier molecular flexibility index (Phi) is 6.46. The topological polar surface area (TPSA) is 100 Å². The number of nitrogens with one attached hydrogen (secondary N) is 1. The first kappa shape index (κ1) is 22.2. The second kappa shape index (κ2) is 9.62. The number of amides is 1. The van der Waals surface area contributed by atoms with Crippen LogP contribution in [-0.4, -0.2) is 26.7 Å². The number of nitrogens with two attached hydrogens (primary N) is 1. The SMILES string of the molecule is N=CC(=CN)c1ccc(N(Cc2cccc(Cl)c2)C(=O)Cc2nnc3ccc(F)cn23)cc1. The van der Waals surface area contributed by atoms with Crippen molar-refractivity contribution in [3.63, 3.8) is 0 Å². The van der Waals surface area contributed by atoms with Crippen LogP contribution >= 0.6 is 11.6 Å². The van der Waals surface area contributed by atoms with Crippen LogP contribution in [0.2, 0.25) is 5.02 Å². The van der Waals surface area contributed by atoms with E-state index in [-0.39, 0.29) is 18.9 Å². The maximum absolute atomic E-state index is 13.7. The van der Waals surface area contributed by atoms with E-state index in [1.54, 1.807) is 41.3 Å². The monoisotopic (exact) mass is 462 g/mol. The summed E-state index contributed by atoms with van der Waals surface area (Å²) >= 11 is 6.14. The molecule has 0 bridgehead atoms. The van der Waals surface area contributed by atoms with Crippen molar-refractivity contribution in [3.8, 4) is 0 Å². The molecule has 0 spiro atoms. The van der Waals surface area contributed by atoms with Crippen molar-refractivity contribution in [2.75, 3.05) is 4.90 Å². The van der Waals surface area contributed by atoms with Crippen LogP contribution in [0.15, 0.2) is 73.1 Å². The van der Waals surface area contributed by atoms with E-state index in [1.165, 1.54) is 35.1 Å². The Morgan fingerprint density at radius 1 is 1.15 bits per heavy atom. The number of carbonyl (C=O) groups excluding carboxylic acids is 1. The Hall–Kier alpha value is -4.04. The van der Waals surface area contributed by atoms with Crippen LogP contribution in [0.4, 0.5) is 10.1 Å². The average molecular weight is 463 g/mol. The van der Waals surface area contributed by atoms with Gasteiger partial charge < -0.3 is 16.0 Å². The fraction of sp³-hybridized carbons (Fsp3) is 0.0833. The number of hydrogen-bond acceptors (Lipinski definition) is 5. The van der Waals surface area contributed by atoms with Gasteiger partial charge in [-0.15, -0.1) is 10.2 Å². The molecule has 2 aromatic carbocycles. The van der Waals surface area contributed by atoms with Gasteiger partial charge >= 0.3 is 0 Å². The third-order valence-corrected chi connectivity index (χ3v) is 5.36. The number of allylic oxidation sites excluding steroid dienone is 1. The maximum Gasteiger partial charge on any atom is 0.234 e. The van der Waals surface area contributed by atoms with Crippen LogP contribution in [0.1, 0.15) is 17.0 Å². The summed E-state index contributed by atoms with van der Waals surface area (Å²) in [6.45, 7) is 0.272. The minimum atomic E-state index is -0.447. The van der Waals surface area contributed by atoms with Gasteiger partial charge in [0.25, 0.3) is 0 Å². The minimum Gasteiger partial charge on any atom is -0.404 e. The predicted octanol–water partition coefficient (Wildman–Crippen LogP) is 4.25. The highest BCUT2D eigenvalue weighted by atomic mass is 35.5. The molecule has 4 aromatic rings. The highest BCUT2D eigenvalue weighted by Gasteiger charge is 2.20. The molecule has 9 heteroatoms.